The number of aromatic amines is 1. The number of unbranched alkanes of at least 4 members (excludes halogenated alkanes) is 1. The van der Waals surface area contributed by atoms with E-state index in [4.69, 9.17) is 0 Å². The summed E-state index contributed by atoms with van der Waals surface area (Å²) in [6, 6.07) is 3.54. The monoisotopic (exact) mass is 407 g/mol. The molecule has 0 spiro atoms. The normalized spacial score (nSPS) is 12.4. The SMILES string of the molecule is CC(O)CCCCn1c(=O)c2[nH]c(NCc3ccc(F)c(F)c3)nc2n(C)c1=O. The molecule has 2 heterocycles. The van der Waals surface area contributed by atoms with Gasteiger partial charge in [0.25, 0.3) is 5.56 Å². The second-order valence-corrected chi connectivity index (χ2v) is 7.03. The predicted molar refractivity (Wildman–Crippen MR) is 105 cm³/mol. The molecule has 0 saturated heterocycles. The second-order valence-electron chi connectivity index (χ2n) is 7.03. The summed E-state index contributed by atoms with van der Waals surface area (Å²) < 4.78 is 28.8. The molecule has 8 nitrogen and oxygen atoms in total. The van der Waals surface area contributed by atoms with Gasteiger partial charge < -0.3 is 15.4 Å². The Bertz CT molecular complexity index is 1130. The number of H-pyrrole nitrogens is 1. The topological polar surface area (TPSA) is 105 Å². The number of hydrogen-bond acceptors (Lipinski definition) is 5. The minimum Gasteiger partial charge on any atom is -0.393 e. The van der Waals surface area contributed by atoms with Crippen LogP contribution >= 0.6 is 0 Å². The molecule has 10 heteroatoms. The number of benzene rings is 1. The summed E-state index contributed by atoms with van der Waals surface area (Å²) in [5.41, 5.74) is -0.0797. The van der Waals surface area contributed by atoms with E-state index in [2.05, 4.69) is 15.3 Å². The van der Waals surface area contributed by atoms with Crippen molar-refractivity contribution < 1.29 is 13.9 Å². The highest BCUT2D eigenvalue weighted by atomic mass is 19.2. The molecule has 3 N–H and O–H groups in total. The maximum Gasteiger partial charge on any atom is 0.332 e. The fourth-order valence-electron chi connectivity index (χ4n) is 3.08. The summed E-state index contributed by atoms with van der Waals surface area (Å²) in [5, 5.41) is 12.2. The number of rotatable bonds is 8. The van der Waals surface area contributed by atoms with Crippen molar-refractivity contribution in [3.05, 3.63) is 56.2 Å². The van der Waals surface area contributed by atoms with Crippen LogP contribution in [0.15, 0.2) is 27.8 Å². The van der Waals surface area contributed by atoms with E-state index in [-0.39, 0.29) is 30.2 Å². The molecule has 3 aromatic rings. The molecule has 2 aromatic heterocycles. The van der Waals surface area contributed by atoms with Crippen molar-refractivity contribution in [3.63, 3.8) is 0 Å². The van der Waals surface area contributed by atoms with Crippen molar-refractivity contribution in [3.8, 4) is 0 Å². The standard InChI is InChI=1S/C19H23F2N5O3/c1-11(27)5-3-4-8-26-17(28)15-16(25(2)19(26)29)24-18(23-15)22-10-12-6-7-13(20)14(21)9-12/h6-7,9,11,27H,3-5,8,10H2,1-2H3,(H2,22,23,24). The molecule has 3 rings (SSSR count). The lowest BCUT2D eigenvalue weighted by atomic mass is 10.2. The minimum absolute atomic E-state index is 0.151. The highest BCUT2D eigenvalue weighted by molar-refractivity contribution is 5.72. The zero-order valence-corrected chi connectivity index (χ0v) is 16.2. The molecule has 1 atom stereocenters. The molecule has 1 aromatic carbocycles. The van der Waals surface area contributed by atoms with Gasteiger partial charge in [-0.3, -0.25) is 13.9 Å². The molecule has 0 amide bonds. The van der Waals surface area contributed by atoms with Gasteiger partial charge in [-0.1, -0.05) is 6.07 Å². The summed E-state index contributed by atoms with van der Waals surface area (Å²) in [4.78, 5) is 32.3. The average Bonchev–Trinajstić information content (AvgIpc) is 3.11. The number of halogens is 2. The highest BCUT2D eigenvalue weighted by Gasteiger charge is 2.15. The molecule has 0 radical (unpaired) electrons. The molecule has 0 saturated carbocycles. The van der Waals surface area contributed by atoms with Crippen LogP contribution in [0.25, 0.3) is 11.2 Å². The maximum absolute atomic E-state index is 13.3. The first kappa shape index (κ1) is 20.7. The number of aliphatic hydroxyl groups is 1. The van der Waals surface area contributed by atoms with Gasteiger partial charge in [-0.05, 0) is 43.9 Å². The molecule has 156 valence electrons. The predicted octanol–water partition coefficient (Wildman–Crippen LogP) is 1.86. The number of anilines is 1. The van der Waals surface area contributed by atoms with Crippen molar-refractivity contribution >= 4 is 17.1 Å². The van der Waals surface area contributed by atoms with Crippen LogP contribution in [0.4, 0.5) is 14.7 Å². The Balaban J connectivity index is 1.82. The molecule has 0 aliphatic rings. The van der Waals surface area contributed by atoms with Crippen LogP contribution in [0, 0.1) is 11.6 Å². The summed E-state index contributed by atoms with van der Waals surface area (Å²) in [7, 11) is 1.52. The van der Waals surface area contributed by atoms with E-state index in [0.29, 0.717) is 24.8 Å². The number of nitrogens with zero attached hydrogens (tertiary/aromatic N) is 3. The smallest absolute Gasteiger partial charge is 0.332 e. The average molecular weight is 407 g/mol. The summed E-state index contributed by atoms with van der Waals surface area (Å²) in [6.07, 6.45) is 1.45. The van der Waals surface area contributed by atoms with Crippen LogP contribution in [0.1, 0.15) is 31.7 Å². The van der Waals surface area contributed by atoms with Crippen molar-refractivity contribution in [2.75, 3.05) is 5.32 Å². The van der Waals surface area contributed by atoms with Crippen LogP contribution in [0.5, 0.6) is 0 Å². The Morgan fingerprint density at radius 2 is 2.00 bits per heavy atom. The Kier molecular flexibility index (Phi) is 6.12. The van der Waals surface area contributed by atoms with Crippen molar-refractivity contribution in [1.29, 1.82) is 0 Å². The van der Waals surface area contributed by atoms with E-state index in [0.717, 1.165) is 16.7 Å². The number of nitrogens with one attached hydrogen (secondary N) is 2. The van der Waals surface area contributed by atoms with Gasteiger partial charge in [0.15, 0.2) is 22.8 Å². The van der Waals surface area contributed by atoms with Crippen molar-refractivity contribution in [1.82, 2.24) is 19.1 Å². The van der Waals surface area contributed by atoms with Crippen molar-refractivity contribution in [2.45, 2.75) is 45.4 Å². The lowest BCUT2D eigenvalue weighted by Gasteiger charge is -2.08. The van der Waals surface area contributed by atoms with E-state index >= 15 is 0 Å². The quantitative estimate of drug-likeness (QED) is 0.495. The summed E-state index contributed by atoms with van der Waals surface area (Å²) >= 11 is 0. The highest BCUT2D eigenvalue weighted by Crippen LogP contribution is 2.13. The van der Waals surface area contributed by atoms with E-state index in [9.17, 15) is 23.5 Å². The number of hydrogen-bond donors (Lipinski definition) is 3. The lowest BCUT2D eigenvalue weighted by molar-refractivity contribution is 0.180. The largest absolute Gasteiger partial charge is 0.393 e. The van der Waals surface area contributed by atoms with Gasteiger partial charge in [0.2, 0.25) is 5.95 Å². The van der Waals surface area contributed by atoms with E-state index < -0.39 is 29.0 Å². The molecular weight excluding hydrogens is 384 g/mol. The van der Waals surface area contributed by atoms with Gasteiger partial charge in [-0.25, -0.2) is 13.6 Å². The number of fused-ring (bicyclic) bond motifs is 1. The second kappa shape index (κ2) is 8.56. The Morgan fingerprint density at radius 1 is 1.24 bits per heavy atom. The van der Waals surface area contributed by atoms with Crippen LogP contribution < -0.4 is 16.6 Å². The Morgan fingerprint density at radius 3 is 2.69 bits per heavy atom. The van der Waals surface area contributed by atoms with Gasteiger partial charge in [-0.2, -0.15) is 4.98 Å². The third kappa shape index (κ3) is 4.53. The first-order valence-electron chi connectivity index (χ1n) is 9.33. The Labute approximate surface area is 164 Å². The number of aromatic nitrogens is 4. The van der Waals surface area contributed by atoms with Gasteiger partial charge in [0.05, 0.1) is 6.10 Å². The molecule has 0 fully saturated rings. The molecule has 0 aliphatic carbocycles. The fraction of sp³-hybridized carbons (Fsp3) is 0.421. The number of aryl methyl sites for hydroxylation is 1. The summed E-state index contributed by atoms with van der Waals surface area (Å²) in [6.45, 7) is 2.08. The molecule has 29 heavy (non-hydrogen) atoms. The zero-order chi connectivity index (χ0) is 21.1. The summed E-state index contributed by atoms with van der Waals surface area (Å²) in [5.74, 6) is -1.64. The third-order valence-corrected chi connectivity index (χ3v) is 4.68. The van der Waals surface area contributed by atoms with E-state index in [1.54, 1.807) is 6.92 Å². The van der Waals surface area contributed by atoms with E-state index in [1.165, 1.54) is 17.7 Å². The van der Waals surface area contributed by atoms with Gasteiger partial charge in [-0.15, -0.1) is 0 Å². The van der Waals surface area contributed by atoms with Crippen LogP contribution in [-0.2, 0) is 20.1 Å². The van der Waals surface area contributed by atoms with Crippen LogP contribution in [0.3, 0.4) is 0 Å². The minimum atomic E-state index is -0.949. The van der Waals surface area contributed by atoms with E-state index in [1.807, 2.05) is 0 Å². The van der Waals surface area contributed by atoms with Crippen LogP contribution in [-0.4, -0.2) is 30.3 Å². The molecular formula is C19H23F2N5O3. The lowest BCUT2D eigenvalue weighted by Crippen LogP contribution is -2.39. The first-order valence-corrected chi connectivity index (χ1v) is 9.33. The number of imidazole rings is 1. The Hall–Kier alpha value is -3.01. The maximum atomic E-state index is 13.3. The first-order chi connectivity index (χ1) is 13.8. The molecule has 0 bridgehead atoms. The van der Waals surface area contributed by atoms with Crippen molar-refractivity contribution in [2.24, 2.45) is 7.05 Å². The number of aliphatic hydroxyl groups excluding tert-OH is 1. The zero-order valence-electron chi connectivity index (χ0n) is 16.2. The molecule has 1 unspecified atom stereocenters. The molecule has 0 aliphatic heterocycles. The van der Waals surface area contributed by atoms with Gasteiger partial charge in [0.1, 0.15) is 0 Å². The van der Waals surface area contributed by atoms with Gasteiger partial charge >= 0.3 is 5.69 Å². The third-order valence-electron chi connectivity index (χ3n) is 4.68. The van der Waals surface area contributed by atoms with Crippen LogP contribution in [0.2, 0.25) is 0 Å². The van der Waals surface area contributed by atoms with Gasteiger partial charge in [0, 0.05) is 20.1 Å². The fourth-order valence-corrected chi connectivity index (χ4v) is 3.08.